The Bertz CT molecular complexity index is 673. The van der Waals surface area contributed by atoms with E-state index >= 15 is 0 Å². The molecule has 8 nitrogen and oxygen atoms in total. The van der Waals surface area contributed by atoms with Crippen LogP contribution in [0.15, 0.2) is 23.1 Å². The van der Waals surface area contributed by atoms with Crippen LogP contribution >= 0.6 is 0 Å². The molecule has 1 aliphatic heterocycles. The van der Waals surface area contributed by atoms with E-state index in [2.05, 4.69) is 0 Å². The van der Waals surface area contributed by atoms with Crippen LogP contribution in [0.25, 0.3) is 0 Å². The molecular weight excluding hydrogens is 314 g/mol. The number of aliphatic hydroxyl groups excluding tert-OH is 1. The lowest BCUT2D eigenvalue weighted by Gasteiger charge is -2.24. The molecule has 2 rings (SSSR count). The van der Waals surface area contributed by atoms with Crippen LogP contribution in [0.4, 0.5) is 0 Å². The topological polar surface area (TPSA) is 116 Å². The van der Waals surface area contributed by atoms with E-state index in [0.717, 1.165) is 4.31 Å². The molecule has 1 aromatic rings. The lowest BCUT2D eigenvalue weighted by Crippen LogP contribution is -2.46. The third-order valence-electron chi connectivity index (χ3n) is 3.47. The first-order valence-corrected chi connectivity index (χ1v) is 7.88. The largest absolute Gasteiger partial charge is 0.548 e. The minimum absolute atomic E-state index is 0.148. The number of aliphatic hydroxyl groups is 1. The molecule has 1 heterocycles. The van der Waals surface area contributed by atoms with Gasteiger partial charge in [0.1, 0.15) is 0 Å². The van der Waals surface area contributed by atoms with Gasteiger partial charge in [-0.3, -0.25) is 0 Å². The molecule has 9 heteroatoms. The molecule has 0 aliphatic carbocycles. The van der Waals surface area contributed by atoms with Gasteiger partial charge in [0.05, 0.1) is 37.2 Å². The highest BCUT2D eigenvalue weighted by Gasteiger charge is 2.40. The van der Waals surface area contributed by atoms with Crippen LogP contribution in [0.5, 0.6) is 11.5 Å². The standard InChI is InChI=1S/C13H17NO7S/c1-20-11-4-3-9(6-12(11)21-2)22(18,19)14-7-8(15)5-10(14)13(16)17/h3-4,6,8,10,15H,5,7H2,1-2H3,(H,16,17)/p-1/t8-,10-/m1/s1. The van der Waals surface area contributed by atoms with E-state index in [4.69, 9.17) is 9.47 Å². The lowest BCUT2D eigenvalue weighted by molar-refractivity contribution is -0.309. The Morgan fingerprint density at radius 2 is 1.95 bits per heavy atom. The maximum Gasteiger partial charge on any atom is 0.243 e. The Labute approximate surface area is 127 Å². The van der Waals surface area contributed by atoms with Gasteiger partial charge in [-0.2, -0.15) is 4.31 Å². The molecule has 1 saturated heterocycles. The van der Waals surface area contributed by atoms with E-state index < -0.39 is 28.1 Å². The van der Waals surface area contributed by atoms with E-state index in [9.17, 15) is 23.4 Å². The number of carbonyl (C=O) groups is 1. The predicted octanol–water partition coefficient (Wildman–Crippen LogP) is -1.42. The summed E-state index contributed by atoms with van der Waals surface area (Å²) in [4.78, 5) is 10.9. The van der Waals surface area contributed by atoms with E-state index in [1.165, 1.54) is 32.4 Å². The smallest absolute Gasteiger partial charge is 0.243 e. The fraction of sp³-hybridized carbons (Fsp3) is 0.462. The van der Waals surface area contributed by atoms with Gasteiger partial charge in [0.2, 0.25) is 10.0 Å². The summed E-state index contributed by atoms with van der Waals surface area (Å²) in [5, 5.41) is 20.7. The molecule has 0 radical (unpaired) electrons. The van der Waals surface area contributed by atoms with Crippen LogP contribution in [-0.2, 0) is 14.8 Å². The summed E-state index contributed by atoms with van der Waals surface area (Å²) in [6.07, 6.45) is -1.24. The zero-order chi connectivity index (χ0) is 16.5. The fourth-order valence-electron chi connectivity index (χ4n) is 2.38. The maximum absolute atomic E-state index is 12.6. The van der Waals surface area contributed by atoms with Crippen LogP contribution < -0.4 is 14.6 Å². The van der Waals surface area contributed by atoms with Crippen molar-refractivity contribution in [1.29, 1.82) is 0 Å². The zero-order valence-electron chi connectivity index (χ0n) is 12.1. The first-order chi connectivity index (χ1) is 10.3. The zero-order valence-corrected chi connectivity index (χ0v) is 12.9. The Morgan fingerprint density at radius 1 is 1.32 bits per heavy atom. The molecule has 22 heavy (non-hydrogen) atoms. The number of methoxy groups -OCH3 is 2. The SMILES string of the molecule is COc1ccc(S(=O)(=O)N2C[C@H](O)C[C@@H]2C(=O)[O-])cc1OC. The Morgan fingerprint density at radius 3 is 2.50 bits per heavy atom. The first kappa shape index (κ1) is 16.5. The van der Waals surface area contributed by atoms with Gasteiger partial charge in [-0.1, -0.05) is 0 Å². The van der Waals surface area contributed by atoms with Crippen molar-refractivity contribution in [2.24, 2.45) is 0 Å². The minimum atomic E-state index is -4.11. The average molecular weight is 330 g/mol. The monoisotopic (exact) mass is 330 g/mol. The van der Waals surface area contributed by atoms with Gasteiger partial charge < -0.3 is 24.5 Å². The minimum Gasteiger partial charge on any atom is -0.548 e. The summed E-state index contributed by atoms with van der Waals surface area (Å²) < 4.78 is 36.0. The second-order valence-corrected chi connectivity index (χ2v) is 6.71. The van der Waals surface area contributed by atoms with E-state index in [0.29, 0.717) is 5.75 Å². The molecule has 1 aromatic carbocycles. The van der Waals surface area contributed by atoms with Crippen molar-refractivity contribution in [2.45, 2.75) is 23.5 Å². The Hall–Kier alpha value is -1.84. The molecular formula is C13H16NO7S-. The first-order valence-electron chi connectivity index (χ1n) is 6.44. The molecule has 1 aliphatic rings. The van der Waals surface area contributed by atoms with Crippen molar-refractivity contribution in [3.8, 4) is 11.5 Å². The average Bonchev–Trinajstić information content (AvgIpc) is 2.89. The number of sulfonamides is 1. The number of nitrogens with zero attached hydrogens (tertiary/aromatic N) is 1. The normalized spacial score (nSPS) is 22.5. The second-order valence-electron chi connectivity index (χ2n) is 4.82. The number of carboxylic acid groups (broad SMARTS) is 1. The molecule has 0 saturated carbocycles. The number of rotatable bonds is 5. The third kappa shape index (κ3) is 2.87. The van der Waals surface area contributed by atoms with Crippen LogP contribution in [0.2, 0.25) is 0 Å². The molecule has 1 N–H and O–H groups in total. The van der Waals surface area contributed by atoms with Crippen LogP contribution in [0.3, 0.4) is 0 Å². The number of β-amino-alcohol motifs (C(OH)–C–C–N with tert-alkyl or cyclic N) is 1. The summed E-state index contributed by atoms with van der Waals surface area (Å²) in [5.74, 6) is -0.992. The molecule has 1 fully saturated rings. The number of carbonyl (C=O) groups excluding carboxylic acids is 1. The van der Waals surface area contributed by atoms with Gasteiger partial charge in [0, 0.05) is 12.6 Å². The Balaban J connectivity index is 2.44. The van der Waals surface area contributed by atoms with E-state index in [-0.39, 0.29) is 23.6 Å². The van der Waals surface area contributed by atoms with Crippen LogP contribution in [0, 0.1) is 0 Å². The number of aliphatic carboxylic acids is 1. The highest BCUT2D eigenvalue weighted by atomic mass is 32.2. The highest BCUT2D eigenvalue weighted by Crippen LogP contribution is 2.32. The van der Waals surface area contributed by atoms with E-state index in [1.807, 2.05) is 0 Å². The maximum atomic E-state index is 12.6. The van der Waals surface area contributed by atoms with Crippen molar-refractivity contribution in [3.05, 3.63) is 18.2 Å². The molecule has 122 valence electrons. The Kier molecular flexibility index (Phi) is 4.59. The van der Waals surface area contributed by atoms with Crippen molar-refractivity contribution in [2.75, 3.05) is 20.8 Å². The van der Waals surface area contributed by atoms with Gasteiger partial charge in [0.15, 0.2) is 11.5 Å². The van der Waals surface area contributed by atoms with Crippen molar-refractivity contribution >= 4 is 16.0 Å². The number of ether oxygens (including phenoxy) is 2. The second kappa shape index (κ2) is 6.11. The van der Waals surface area contributed by atoms with Gasteiger partial charge in [0.25, 0.3) is 0 Å². The van der Waals surface area contributed by atoms with Gasteiger partial charge in [-0.15, -0.1) is 0 Å². The van der Waals surface area contributed by atoms with Gasteiger partial charge in [-0.25, -0.2) is 8.42 Å². The van der Waals surface area contributed by atoms with E-state index in [1.54, 1.807) is 0 Å². The van der Waals surface area contributed by atoms with Crippen molar-refractivity contribution in [3.63, 3.8) is 0 Å². The molecule has 0 aromatic heterocycles. The summed E-state index contributed by atoms with van der Waals surface area (Å²) in [6, 6.07) is 2.54. The summed E-state index contributed by atoms with van der Waals surface area (Å²) in [6.45, 7) is -0.296. The molecule has 0 spiro atoms. The number of benzene rings is 1. The summed E-state index contributed by atoms with van der Waals surface area (Å²) in [7, 11) is -1.34. The quantitative estimate of drug-likeness (QED) is 0.704. The van der Waals surface area contributed by atoms with Crippen molar-refractivity contribution < 1.29 is 32.9 Å². The predicted molar refractivity (Wildman–Crippen MR) is 72.9 cm³/mol. The van der Waals surface area contributed by atoms with Crippen molar-refractivity contribution in [1.82, 2.24) is 4.31 Å². The molecule has 0 amide bonds. The third-order valence-corrected chi connectivity index (χ3v) is 5.34. The lowest BCUT2D eigenvalue weighted by atomic mass is 10.2. The fourth-order valence-corrected chi connectivity index (χ4v) is 4.02. The van der Waals surface area contributed by atoms with Gasteiger partial charge in [-0.05, 0) is 18.6 Å². The summed E-state index contributed by atoms with van der Waals surface area (Å²) >= 11 is 0. The number of hydrogen-bond acceptors (Lipinski definition) is 7. The number of hydrogen-bond donors (Lipinski definition) is 1. The summed E-state index contributed by atoms with van der Waals surface area (Å²) in [5.41, 5.74) is 0. The van der Waals surface area contributed by atoms with Gasteiger partial charge >= 0.3 is 0 Å². The molecule has 0 bridgehead atoms. The number of carboxylic acids is 1. The van der Waals surface area contributed by atoms with Crippen LogP contribution in [0.1, 0.15) is 6.42 Å². The van der Waals surface area contributed by atoms with Crippen LogP contribution in [-0.4, -0.2) is 56.7 Å². The highest BCUT2D eigenvalue weighted by molar-refractivity contribution is 7.89. The molecule has 0 unspecified atom stereocenters. The molecule has 2 atom stereocenters.